The normalized spacial score (nSPS) is 8.09. The van der Waals surface area contributed by atoms with Crippen LogP contribution in [0.15, 0.2) is 30.3 Å². The summed E-state index contributed by atoms with van der Waals surface area (Å²) < 4.78 is 13.0. The maximum Gasteiger partial charge on any atom is 0.870 e. The summed E-state index contributed by atoms with van der Waals surface area (Å²) in [5, 5.41) is 0. The van der Waals surface area contributed by atoms with Crippen LogP contribution in [-0.4, -0.2) is 25.2 Å². The van der Waals surface area contributed by atoms with Crippen LogP contribution in [0.3, 0.4) is 0 Å². The van der Waals surface area contributed by atoms with Gasteiger partial charge < -0.3 is 14.0 Å². The molecule has 6 nitrogen and oxygen atoms in total. The highest BCUT2D eigenvalue weighted by molar-refractivity contribution is 6.43. The minimum Gasteiger partial charge on any atom is -0.462 e. The van der Waals surface area contributed by atoms with Gasteiger partial charge in [-0.05, 0) is 6.92 Å². The first-order valence-corrected chi connectivity index (χ1v) is 6.84. The Morgan fingerprint density at radius 1 is 0.773 bits per heavy atom. The summed E-state index contributed by atoms with van der Waals surface area (Å²) in [6.45, 7) is 9.37. The zero-order valence-electron chi connectivity index (χ0n) is 13.9. The van der Waals surface area contributed by atoms with Crippen LogP contribution in [0.2, 0.25) is 0 Å². The van der Waals surface area contributed by atoms with Crippen LogP contribution < -0.4 is 0 Å². The van der Waals surface area contributed by atoms with Crippen LogP contribution in [0, 0.1) is 6.92 Å². The quantitative estimate of drug-likeness (QED) is 0.799. The van der Waals surface area contributed by atoms with Crippen molar-refractivity contribution < 1.29 is 28.3 Å². The van der Waals surface area contributed by atoms with E-state index in [9.17, 15) is 14.4 Å². The Morgan fingerprint density at radius 2 is 1.09 bits per heavy atom. The van der Waals surface area contributed by atoms with E-state index in [2.05, 4.69) is 33.0 Å². The number of aryl methyl sites for hydroxylation is 1. The second kappa shape index (κ2) is 13.7. The zero-order valence-corrected chi connectivity index (χ0v) is 13.9. The van der Waals surface area contributed by atoms with Crippen LogP contribution in [0.4, 0.5) is 0 Å². The number of hydrogen-bond acceptors (Lipinski definition) is 6. The fourth-order valence-corrected chi connectivity index (χ4v) is 1.01. The molecule has 1 aromatic rings. The number of benzene rings is 1. The van der Waals surface area contributed by atoms with Crippen LogP contribution in [0.5, 0.6) is 0 Å². The van der Waals surface area contributed by atoms with Crippen molar-refractivity contribution in [1.82, 2.24) is 0 Å². The highest BCUT2D eigenvalue weighted by Gasteiger charge is 2.33. The molecule has 1 aromatic carbocycles. The fraction of sp³-hybridized carbons (Fsp3) is 0.400. The second-order valence-electron chi connectivity index (χ2n) is 3.77. The molecule has 0 bridgehead atoms. The lowest BCUT2D eigenvalue weighted by Gasteiger charge is -2.09. The Hall–Kier alpha value is -2.31. The van der Waals surface area contributed by atoms with E-state index in [1.807, 2.05) is 32.0 Å². The number of carbonyl (C=O) groups excluding carboxylic acids is 3. The maximum absolute atomic E-state index is 10.4. The van der Waals surface area contributed by atoms with E-state index in [-0.39, 0.29) is 0 Å². The third-order valence-corrected chi connectivity index (χ3v) is 1.73. The summed E-state index contributed by atoms with van der Waals surface area (Å²) in [4.78, 5) is 31.2. The Bertz CT molecular complexity index is 409. The van der Waals surface area contributed by atoms with Gasteiger partial charge in [-0.3, -0.25) is 14.4 Å². The van der Waals surface area contributed by atoms with Crippen molar-refractivity contribution in [3.63, 3.8) is 0 Å². The molecule has 1 rings (SSSR count). The molecule has 0 unspecified atom stereocenters. The number of carbonyl (C=O) groups is 3. The van der Waals surface area contributed by atoms with Crippen LogP contribution in [0.1, 0.15) is 40.2 Å². The molecular weight excluding hydrogens is 287 g/mol. The Kier molecular flexibility index (Phi) is 13.7. The largest absolute Gasteiger partial charge is 0.870 e. The molecule has 0 heterocycles. The van der Waals surface area contributed by atoms with E-state index >= 15 is 0 Å². The van der Waals surface area contributed by atoms with E-state index in [1.165, 1.54) is 5.56 Å². The first-order chi connectivity index (χ1) is 10.3. The predicted molar refractivity (Wildman–Crippen MR) is 83.6 cm³/mol. The van der Waals surface area contributed by atoms with Crippen molar-refractivity contribution in [2.75, 3.05) is 0 Å². The Labute approximate surface area is 131 Å². The molecule has 0 saturated heterocycles. The van der Waals surface area contributed by atoms with Crippen LogP contribution in [0.25, 0.3) is 0 Å². The molecule has 0 radical (unpaired) electrons. The summed E-state index contributed by atoms with van der Waals surface area (Å²) in [6, 6.07) is 10.3. The molecule has 22 heavy (non-hydrogen) atoms. The molecule has 0 aromatic heterocycles. The van der Waals surface area contributed by atoms with E-state index in [4.69, 9.17) is 0 Å². The molecule has 0 saturated carbocycles. The summed E-state index contributed by atoms with van der Waals surface area (Å²) in [6.07, 6.45) is 0. The summed E-state index contributed by atoms with van der Waals surface area (Å²) in [5.41, 5.74) is 1.32. The van der Waals surface area contributed by atoms with Gasteiger partial charge in [0.05, 0.1) is 0 Å². The van der Waals surface area contributed by atoms with Gasteiger partial charge in [-0.25, -0.2) is 0 Å². The molecule has 0 amide bonds. The molecule has 0 N–H and O–H groups in total. The third-order valence-electron chi connectivity index (χ3n) is 1.73. The third kappa shape index (κ3) is 15.8. The highest BCUT2D eigenvalue weighted by atomic mass is 16.8. The minimum atomic E-state index is -1.59. The second-order valence-corrected chi connectivity index (χ2v) is 3.77. The van der Waals surface area contributed by atoms with Crippen molar-refractivity contribution in [2.24, 2.45) is 0 Å². The first-order valence-electron chi connectivity index (χ1n) is 6.84. The van der Waals surface area contributed by atoms with Gasteiger partial charge in [0, 0.05) is 20.8 Å². The van der Waals surface area contributed by atoms with Gasteiger partial charge >= 0.3 is 7.32 Å². The predicted octanol–water partition coefficient (Wildman–Crippen LogP) is 2.68. The van der Waals surface area contributed by atoms with E-state index < -0.39 is 25.2 Å². The lowest BCUT2D eigenvalue weighted by atomic mass is 10.2. The molecule has 122 valence electrons. The lowest BCUT2D eigenvalue weighted by Crippen LogP contribution is -2.32. The molecule has 0 aliphatic carbocycles. The topological polar surface area (TPSA) is 78.9 Å². The number of hydrogen-bond donors (Lipinski definition) is 0. The molecule has 0 aliphatic rings. The smallest absolute Gasteiger partial charge is 0.462 e. The first kappa shape index (κ1) is 22.0. The Morgan fingerprint density at radius 3 is 1.27 bits per heavy atom. The van der Waals surface area contributed by atoms with Gasteiger partial charge in [-0.15, -0.1) is 0 Å². The van der Waals surface area contributed by atoms with E-state index in [0.717, 1.165) is 20.8 Å². The number of rotatable bonds is 3. The molecule has 7 heteroatoms. The SMILES string of the molecule is CC.CC(=O)OB(OC(C)=O)OC(C)=O.Cc1ccccc1. The molecular formula is C15H23BO6. The molecule has 0 atom stereocenters. The monoisotopic (exact) mass is 310 g/mol. The van der Waals surface area contributed by atoms with Gasteiger partial charge in [0.1, 0.15) is 0 Å². The fourth-order valence-electron chi connectivity index (χ4n) is 1.01. The highest BCUT2D eigenvalue weighted by Crippen LogP contribution is 1.94. The van der Waals surface area contributed by atoms with Gasteiger partial charge in [-0.1, -0.05) is 49.7 Å². The minimum absolute atomic E-state index is 0.715. The zero-order chi connectivity index (χ0) is 17.5. The summed E-state index contributed by atoms with van der Waals surface area (Å²) in [5.74, 6) is -2.15. The van der Waals surface area contributed by atoms with Gasteiger partial charge in [-0.2, -0.15) is 0 Å². The summed E-state index contributed by atoms with van der Waals surface area (Å²) >= 11 is 0. The van der Waals surface area contributed by atoms with Crippen molar-refractivity contribution >= 4 is 25.2 Å². The standard InChI is InChI=1S/C7H8.C6H9BO6.C2H6/c1-7-5-3-2-4-6-7;1-4(8)11-7(12-5(2)9)13-6(3)10;1-2/h2-6H,1H3;1-3H3;1-2H3. The van der Waals surface area contributed by atoms with Crippen LogP contribution in [-0.2, 0) is 28.3 Å². The van der Waals surface area contributed by atoms with E-state index in [1.54, 1.807) is 0 Å². The van der Waals surface area contributed by atoms with Gasteiger partial charge in [0.2, 0.25) is 0 Å². The summed E-state index contributed by atoms with van der Waals surface area (Å²) in [7, 11) is -1.59. The molecule has 0 spiro atoms. The van der Waals surface area contributed by atoms with Crippen molar-refractivity contribution in [3.05, 3.63) is 35.9 Å². The molecule has 0 fully saturated rings. The van der Waals surface area contributed by atoms with E-state index in [0.29, 0.717) is 0 Å². The van der Waals surface area contributed by atoms with Crippen LogP contribution >= 0.6 is 0 Å². The average molecular weight is 310 g/mol. The maximum atomic E-state index is 10.4. The van der Waals surface area contributed by atoms with Crippen molar-refractivity contribution in [1.29, 1.82) is 0 Å². The molecule has 0 aliphatic heterocycles. The van der Waals surface area contributed by atoms with Crippen molar-refractivity contribution in [2.45, 2.75) is 41.5 Å². The lowest BCUT2D eigenvalue weighted by molar-refractivity contribution is -0.144. The Balaban J connectivity index is 0. The van der Waals surface area contributed by atoms with Crippen molar-refractivity contribution in [3.8, 4) is 0 Å². The van der Waals surface area contributed by atoms with Gasteiger partial charge in [0.15, 0.2) is 0 Å². The average Bonchev–Trinajstić information content (AvgIpc) is 2.40. The van der Waals surface area contributed by atoms with Gasteiger partial charge in [0.25, 0.3) is 17.9 Å².